The standard InChI is InChI=1S/C19H23ClN2OS/c1-22(17-6-3-2-4-7-17)14-13-21-19(23)8-5-15-24-18-11-9-16(20)10-12-18/h2-4,6-7,9-12H,5,8,13-15H2,1H3,(H,21,23). The molecule has 1 N–H and O–H groups in total. The summed E-state index contributed by atoms with van der Waals surface area (Å²) in [5.74, 6) is 1.05. The van der Waals surface area contributed by atoms with Crippen LogP contribution < -0.4 is 10.2 Å². The molecule has 0 fully saturated rings. The molecule has 0 heterocycles. The van der Waals surface area contributed by atoms with Crippen LogP contribution in [0.5, 0.6) is 0 Å². The highest BCUT2D eigenvalue weighted by atomic mass is 35.5. The fourth-order valence-electron chi connectivity index (χ4n) is 2.22. The van der Waals surface area contributed by atoms with Gasteiger partial charge in [0.25, 0.3) is 0 Å². The molecular formula is C19H23ClN2OS. The molecule has 0 atom stereocenters. The van der Waals surface area contributed by atoms with Crippen LogP contribution in [0.1, 0.15) is 12.8 Å². The molecule has 0 saturated heterocycles. The number of halogens is 1. The molecule has 0 radical (unpaired) electrons. The van der Waals surface area contributed by atoms with Crippen molar-refractivity contribution in [1.82, 2.24) is 5.32 Å². The van der Waals surface area contributed by atoms with E-state index < -0.39 is 0 Å². The van der Waals surface area contributed by atoms with Gasteiger partial charge < -0.3 is 10.2 Å². The van der Waals surface area contributed by atoms with Crippen LogP contribution in [-0.2, 0) is 4.79 Å². The number of nitrogens with zero attached hydrogens (tertiary/aromatic N) is 1. The van der Waals surface area contributed by atoms with E-state index in [0.717, 1.165) is 29.4 Å². The molecule has 5 heteroatoms. The Kier molecular flexibility index (Phi) is 7.99. The summed E-state index contributed by atoms with van der Waals surface area (Å²) < 4.78 is 0. The van der Waals surface area contributed by atoms with E-state index in [-0.39, 0.29) is 5.91 Å². The predicted octanol–water partition coefficient (Wildman–Crippen LogP) is 4.46. The summed E-state index contributed by atoms with van der Waals surface area (Å²) in [6.07, 6.45) is 1.43. The SMILES string of the molecule is CN(CCNC(=O)CCCSc1ccc(Cl)cc1)c1ccccc1. The van der Waals surface area contributed by atoms with Crippen molar-refractivity contribution in [3.63, 3.8) is 0 Å². The topological polar surface area (TPSA) is 32.3 Å². The van der Waals surface area contributed by atoms with Gasteiger partial charge in [0, 0.05) is 42.2 Å². The molecule has 2 aromatic rings. The van der Waals surface area contributed by atoms with Crippen molar-refractivity contribution in [2.24, 2.45) is 0 Å². The van der Waals surface area contributed by atoms with Crippen LogP contribution in [0.2, 0.25) is 5.02 Å². The summed E-state index contributed by atoms with van der Waals surface area (Å²) >= 11 is 7.61. The first-order chi connectivity index (χ1) is 11.6. The average Bonchev–Trinajstić information content (AvgIpc) is 2.61. The van der Waals surface area contributed by atoms with Gasteiger partial charge in [-0.1, -0.05) is 29.8 Å². The first kappa shape index (κ1) is 18.7. The number of rotatable bonds is 9. The molecular weight excluding hydrogens is 340 g/mol. The lowest BCUT2D eigenvalue weighted by Gasteiger charge is -2.19. The lowest BCUT2D eigenvalue weighted by atomic mass is 10.3. The van der Waals surface area contributed by atoms with Crippen molar-refractivity contribution in [1.29, 1.82) is 0 Å². The third-order valence-corrected chi connectivity index (χ3v) is 4.95. The number of nitrogens with one attached hydrogen (secondary N) is 1. The molecule has 3 nitrogen and oxygen atoms in total. The van der Waals surface area contributed by atoms with Crippen molar-refractivity contribution in [2.75, 3.05) is 30.8 Å². The Morgan fingerprint density at radius 3 is 2.54 bits per heavy atom. The second-order valence-corrected chi connectivity index (χ2v) is 7.12. The second kappa shape index (κ2) is 10.3. The fourth-order valence-corrected chi connectivity index (χ4v) is 3.20. The molecule has 2 rings (SSSR count). The van der Waals surface area contributed by atoms with E-state index in [2.05, 4.69) is 22.3 Å². The smallest absolute Gasteiger partial charge is 0.220 e. The lowest BCUT2D eigenvalue weighted by Crippen LogP contribution is -2.32. The predicted molar refractivity (Wildman–Crippen MR) is 104 cm³/mol. The van der Waals surface area contributed by atoms with Crippen LogP contribution in [0.3, 0.4) is 0 Å². The van der Waals surface area contributed by atoms with Gasteiger partial charge in [0.2, 0.25) is 5.91 Å². The number of benzene rings is 2. The Morgan fingerprint density at radius 2 is 1.83 bits per heavy atom. The first-order valence-corrected chi connectivity index (χ1v) is 9.43. The maximum Gasteiger partial charge on any atom is 0.220 e. The highest BCUT2D eigenvalue weighted by Gasteiger charge is 2.03. The molecule has 0 aliphatic heterocycles. The fraction of sp³-hybridized carbons (Fsp3) is 0.316. The zero-order chi connectivity index (χ0) is 17.2. The van der Waals surface area contributed by atoms with Crippen LogP contribution in [0.4, 0.5) is 5.69 Å². The normalized spacial score (nSPS) is 10.4. The quantitative estimate of drug-likeness (QED) is 0.527. The molecule has 24 heavy (non-hydrogen) atoms. The minimum absolute atomic E-state index is 0.119. The van der Waals surface area contributed by atoms with Gasteiger partial charge in [-0.3, -0.25) is 4.79 Å². The zero-order valence-electron chi connectivity index (χ0n) is 13.9. The molecule has 0 aromatic heterocycles. The molecule has 0 unspecified atom stereocenters. The van der Waals surface area contributed by atoms with Crippen molar-refractivity contribution in [3.8, 4) is 0 Å². The Balaban J connectivity index is 1.56. The first-order valence-electron chi connectivity index (χ1n) is 8.06. The Labute approximate surface area is 153 Å². The molecule has 0 aliphatic rings. The average molecular weight is 363 g/mol. The van der Waals surface area contributed by atoms with Gasteiger partial charge in [0.1, 0.15) is 0 Å². The van der Waals surface area contributed by atoms with Crippen LogP contribution in [-0.4, -0.2) is 31.8 Å². The van der Waals surface area contributed by atoms with Gasteiger partial charge in [0.15, 0.2) is 0 Å². The van der Waals surface area contributed by atoms with Crippen molar-refractivity contribution in [3.05, 3.63) is 59.6 Å². The third-order valence-electron chi connectivity index (χ3n) is 3.60. The minimum atomic E-state index is 0.119. The summed E-state index contributed by atoms with van der Waals surface area (Å²) in [6, 6.07) is 18.0. The van der Waals surface area contributed by atoms with E-state index in [1.165, 1.54) is 4.90 Å². The molecule has 2 aromatic carbocycles. The van der Waals surface area contributed by atoms with Gasteiger partial charge in [-0.15, -0.1) is 11.8 Å². The van der Waals surface area contributed by atoms with E-state index in [1.54, 1.807) is 11.8 Å². The van der Waals surface area contributed by atoms with Crippen LogP contribution in [0.15, 0.2) is 59.5 Å². The number of hydrogen-bond donors (Lipinski definition) is 1. The largest absolute Gasteiger partial charge is 0.373 e. The number of carbonyl (C=O) groups excluding carboxylic acids is 1. The summed E-state index contributed by atoms with van der Waals surface area (Å²) in [5, 5.41) is 3.73. The number of carbonyl (C=O) groups is 1. The summed E-state index contributed by atoms with van der Waals surface area (Å²) in [5.41, 5.74) is 1.16. The van der Waals surface area contributed by atoms with E-state index in [0.29, 0.717) is 13.0 Å². The lowest BCUT2D eigenvalue weighted by molar-refractivity contribution is -0.121. The number of hydrogen-bond acceptors (Lipinski definition) is 3. The summed E-state index contributed by atoms with van der Waals surface area (Å²) in [6.45, 7) is 1.46. The highest BCUT2D eigenvalue weighted by Crippen LogP contribution is 2.21. The number of para-hydroxylation sites is 1. The second-order valence-electron chi connectivity index (χ2n) is 5.51. The van der Waals surface area contributed by atoms with Gasteiger partial charge in [-0.25, -0.2) is 0 Å². The van der Waals surface area contributed by atoms with Crippen LogP contribution in [0.25, 0.3) is 0 Å². The van der Waals surface area contributed by atoms with Crippen molar-refractivity contribution in [2.45, 2.75) is 17.7 Å². The van der Waals surface area contributed by atoms with Crippen LogP contribution >= 0.6 is 23.4 Å². The van der Waals surface area contributed by atoms with Gasteiger partial charge in [-0.05, 0) is 48.6 Å². The van der Waals surface area contributed by atoms with Crippen molar-refractivity contribution < 1.29 is 4.79 Å². The summed E-state index contributed by atoms with van der Waals surface area (Å²) in [4.78, 5) is 15.2. The van der Waals surface area contributed by atoms with Gasteiger partial charge in [-0.2, -0.15) is 0 Å². The molecule has 0 bridgehead atoms. The Bertz CT molecular complexity index is 619. The van der Waals surface area contributed by atoms with Crippen molar-refractivity contribution >= 4 is 35.0 Å². The monoisotopic (exact) mass is 362 g/mol. The molecule has 128 valence electrons. The van der Waals surface area contributed by atoms with Gasteiger partial charge in [0.05, 0.1) is 0 Å². The minimum Gasteiger partial charge on any atom is -0.373 e. The molecule has 0 aliphatic carbocycles. The number of amides is 1. The molecule has 1 amide bonds. The molecule has 0 saturated carbocycles. The maximum atomic E-state index is 11.9. The maximum absolute atomic E-state index is 11.9. The third kappa shape index (κ3) is 6.85. The van der Waals surface area contributed by atoms with Gasteiger partial charge >= 0.3 is 0 Å². The van der Waals surface area contributed by atoms with E-state index in [9.17, 15) is 4.79 Å². The number of thioether (sulfide) groups is 1. The zero-order valence-corrected chi connectivity index (χ0v) is 15.4. The van der Waals surface area contributed by atoms with E-state index in [4.69, 9.17) is 11.6 Å². The summed E-state index contributed by atoms with van der Waals surface area (Å²) in [7, 11) is 2.03. The van der Waals surface area contributed by atoms with E-state index in [1.807, 2.05) is 49.5 Å². The van der Waals surface area contributed by atoms with Crippen LogP contribution in [0, 0.1) is 0 Å². The Hall–Kier alpha value is -1.65. The number of likely N-dealkylation sites (N-methyl/N-ethyl adjacent to an activating group) is 1. The van der Waals surface area contributed by atoms with E-state index >= 15 is 0 Å². The molecule has 0 spiro atoms. The Morgan fingerprint density at radius 1 is 1.12 bits per heavy atom. The highest BCUT2D eigenvalue weighted by molar-refractivity contribution is 7.99. The number of anilines is 1.